The largest absolute Gasteiger partial charge is 0.378 e. The zero-order valence-electron chi connectivity index (χ0n) is 14.6. The third kappa shape index (κ3) is 3.49. The maximum atomic E-state index is 12.4. The molecular formula is C19H21N3O2S. The van der Waals surface area contributed by atoms with Crippen molar-refractivity contribution < 1.29 is 9.59 Å². The van der Waals surface area contributed by atoms with E-state index in [4.69, 9.17) is 0 Å². The van der Waals surface area contributed by atoms with Crippen LogP contribution >= 0.6 is 11.8 Å². The zero-order valence-corrected chi connectivity index (χ0v) is 15.4. The van der Waals surface area contributed by atoms with Gasteiger partial charge < -0.3 is 9.47 Å². The van der Waals surface area contributed by atoms with E-state index in [0.717, 1.165) is 35.3 Å². The minimum Gasteiger partial charge on any atom is -0.378 e. The fourth-order valence-corrected chi connectivity index (χ4v) is 3.56. The summed E-state index contributed by atoms with van der Waals surface area (Å²) in [4.78, 5) is 28.2. The molecule has 2 aromatic rings. The van der Waals surface area contributed by atoms with Gasteiger partial charge in [0.2, 0.25) is 0 Å². The van der Waals surface area contributed by atoms with Crippen molar-refractivity contribution in [2.45, 2.75) is 13.3 Å². The predicted molar refractivity (Wildman–Crippen MR) is 103 cm³/mol. The predicted octanol–water partition coefficient (Wildman–Crippen LogP) is 3.99. The van der Waals surface area contributed by atoms with Crippen molar-refractivity contribution in [3.05, 3.63) is 53.2 Å². The SMILES string of the molecule is CCCN1C(=O)S/C(=C\c2cccn2-c2ccc(N(C)C)cc2)C1=O. The van der Waals surface area contributed by atoms with Crippen molar-refractivity contribution in [1.29, 1.82) is 0 Å². The Hall–Kier alpha value is -2.47. The normalized spacial score (nSPS) is 16.1. The molecular weight excluding hydrogens is 334 g/mol. The van der Waals surface area contributed by atoms with Gasteiger partial charge in [-0.25, -0.2) is 0 Å². The molecule has 5 nitrogen and oxygen atoms in total. The topological polar surface area (TPSA) is 45.6 Å². The molecule has 0 unspecified atom stereocenters. The quantitative estimate of drug-likeness (QED) is 0.761. The molecule has 130 valence electrons. The summed E-state index contributed by atoms with van der Waals surface area (Å²) in [6.45, 7) is 2.42. The van der Waals surface area contributed by atoms with Gasteiger partial charge in [0.05, 0.1) is 4.91 Å². The van der Waals surface area contributed by atoms with E-state index in [-0.39, 0.29) is 11.1 Å². The molecule has 1 aliphatic heterocycles. The molecule has 2 amide bonds. The van der Waals surface area contributed by atoms with E-state index in [9.17, 15) is 9.59 Å². The lowest BCUT2D eigenvalue weighted by atomic mass is 10.2. The highest BCUT2D eigenvalue weighted by Gasteiger charge is 2.34. The van der Waals surface area contributed by atoms with Gasteiger partial charge in [0.25, 0.3) is 11.1 Å². The molecule has 0 aliphatic carbocycles. The van der Waals surface area contributed by atoms with E-state index in [2.05, 4.69) is 0 Å². The van der Waals surface area contributed by atoms with Crippen molar-refractivity contribution in [2.75, 3.05) is 25.5 Å². The van der Waals surface area contributed by atoms with Gasteiger partial charge in [-0.1, -0.05) is 6.92 Å². The van der Waals surface area contributed by atoms with E-state index >= 15 is 0 Å². The molecule has 25 heavy (non-hydrogen) atoms. The number of aromatic nitrogens is 1. The first-order valence-electron chi connectivity index (χ1n) is 8.21. The fourth-order valence-electron chi connectivity index (χ4n) is 2.71. The number of anilines is 1. The Morgan fingerprint density at radius 3 is 2.48 bits per heavy atom. The lowest BCUT2D eigenvalue weighted by Crippen LogP contribution is -2.28. The average Bonchev–Trinajstić information content (AvgIpc) is 3.16. The van der Waals surface area contributed by atoms with Gasteiger partial charge >= 0.3 is 0 Å². The van der Waals surface area contributed by atoms with Crippen LogP contribution in [-0.4, -0.2) is 41.3 Å². The number of rotatable bonds is 5. The van der Waals surface area contributed by atoms with Crippen molar-refractivity contribution >= 4 is 34.7 Å². The molecule has 1 aromatic heterocycles. The Labute approximate surface area is 151 Å². The maximum Gasteiger partial charge on any atom is 0.293 e. The van der Waals surface area contributed by atoms with Crippen LogP contribution in [0.15, 0.2) is 47.5 Å². The van der Waals surface area contributed by atoms with Crippen LogP contribution in [0.5, 0.6) is 0 Å². The highest BCUT2D eigenvalue weighted by molar-refractivity contribution is 8.18. The van der Waals surface area contributed by atoms with Crippen molar-refractivity contribution in [3.8, 4) is 5.69 Å². The van der Waals surface area contributed by atoms with Gasteiger partial charge in [0, 0.05) is 43.9 Å². The summed E-state index contributed by atoms with van der Waals surface area (Å²) in [6, 6.07) is 12.0. The average molecular weight is 355 g/mol. The molecule has 1 saturated heterocycles. The van der Waals surface area contributed by atoms with Crippen molar-refractivity contribution in [2.24, 2.45) is 0 Å². The van der Waals surface area contributed by atoms with Gasteiger partial charge in [-0.05, 0) is 60.7 Å². The zero-order chi connectivity index (χ0) is 18.0. The summed E-state index contributed by atoms with van der Waals surface area (Å²) >= 11 is 1.01. The Morgan fingerprint density at radius 1 is 1.12 bits per heavy atom. The van der Waals surface area contributed by atoms with E-state index in [1.54, 1.807) is 6.08 Å². The maximum absolute atomic E-state index is 12.4. The number of amides is 2. The molecule has 2 heterocycles. The second kappa shape index (κ2) is 7.19. The molecule has 0 N–H and O–H groups in total. The smallest absolute Gasteiger partial charge is 0.293 e. The van der Waals surface area contributed by atoms with Crippen LogP contribution in [0.4, 0.5) is 10.5 Å². The second-order valence-electron chi connectivity index (χ2n) is 6.05. The van der Waals surface area contributed by atoms with Crippen LogP contribution in [-0.2, 0) is 4.79 Å². The van der Waals surface area contributed by atoms with E-state index in [1.807, 2.05) is 73.1 Å². The van der Waals surface area contributed by atoms with Crippen LogP contribution in [0.2, 0.25) is 0 Å². The first-order chi connectivity index (χ1) is 12.0. The van der Waals surface area contributed by atoms with Crippen molar-refractivity contribution in [3.63, 3.8) is 0 Å². The lowest BCUT2D eigenvalue weighted by Gasteiger charge is -2.14. The molecule has 0 atom stereocenters. The molecule has 1 fully saturated rings. The van der Waals surface area contributed by atoms with Gasteiger partial charge in [0.1, 0.15) is 0 Å². The lowest BCUT2D eigenvalue weighted by molar-refractivity contribution is -0.122. The molecule has 0 bridgehead atoms. The summed E-state index contributed by atoms with van der Waals surface area (Å²) in [5.41, 5.74) is 3.01. The van der Waals surface area contributed by atoms with Crippen LogP contribution in [0.1, 0.15) is 19.0 Å². The second-order valence-corrected chi connectivity index (χ2v) is 7.04. The number of nitrogens with zero attached hydrogens (tertiary/aromatic N) is 3. The summed E-state index contributed by atoms with van der Waals surface area (Å²) < 4.78 is 2.01. The standard InChI is InChI=1S/C19H21N3O2S/c1-4-11-22-18(23)17(25-19(22)24)13-16-6-5-12-21(16)15-9-7-14(8-10-15)20(2)3/h5-10,12-13H,4,11H2,1-3H3/b17-13-. The van der Waals surface area contributed by atoms with Gasteiger partial charge in [0.15, 0.2) is 0 Å². The summed E-state index contributed by atoms with van der Waals surface area (Å²) in [5, 5.41) is -0.188. The highest BCUT2D eigenvalue weighted by Crippen LogP contribution is 2.32. The van der Waals surface area contributed by atoms with Crippen LogP contribution in [0.25, 0.3) is 11.8 Å². The number of benzene rings is 1. The minimum atomic E-state index is -0.201. The molecule has 0 saturated carbocycles. The van der Waals surface area contributed by atoms with Crippen LogP contribution < -0.4 is 4.90 Å². The number of imide groups is 1. The van der Waals surface area contributed by atoms with Crippen LogP contribution in [0, 0.1) is 0 Å². The first-order valence-corrected chi connectivity index (χ1v) is 9.03. The third-order valence-electron chi connectivity index (χ3n) is 4.02. The molecule has 3 rings (SSSR count). The number of hydrogen-bond acceptors (Lipinski definition) is 4. The molecule has 1 aliphatic rings. The number of carbonyl (C=O) groups is 2. The number of thioether (sulfide) groups is 1. The molecule has 0 spiro atoms. The highest BCUT2D eigenvalue weighted by atomic mass is 32.2. The molecule has 6 heteroatoms. The van der Waals surface area contributed by atoms with E-state index < -0.39 is 0 Å². The van der Waals surface area contributed by atoms with E-state index in [0.29, 0.717) is 11.4 Å². The Balaban J connectivity index is 1.90. The molecule has 0 radical (unpaired) electrons. The van der Waals surface area contributed by atoms with Gasteiger partial charge in [-0.3, -0.25) is 14.5 Å². The van der Waals surface area contributed by atoms with E-state index in [1.165, 1.54) is 4.90 Å². The Morgan fingerprint density at radius 2 is 1.84 bits per heavy atom. The summed E-state index contributed by atoms with van der Waals surface area (Å²) in [7, 11) is 4.00. The molecule has 1 aromatic carbocycles. The Bertz CT molecular complexity index is 821. The summed E-state index contributed by atoms with van der Waals surface area (Å²) in [6.07, 6.45) is 4.51. The minimum absolute atomic E-state index is 0.188. The Kier molecular flexibility index (Phi) is 4.99. The third-order valence-corrected chi connectivity index (χ3v) is 4.93. The summed E-state index contributed by atoms with van der Waals surface area (Å²) in [5.74, 6) is -0.201. The van der Waals surface area contributed by atoms with Gasteiger partial charge in [-0.15, -0.1) is 0 Å². The number of hydrogen-bond donors (Lipinski definition) is 0. The van der Waals surface area contributed by atoms with Gasteiger partial charge in [-0.2, -0.15) is 0 Å². The number of carbonyl (C=O) groups excluding carboxylic acids is 2. The first kappa shape index (κ1) is 17.4. The van der Waals surface area contributed by atoms with Crippen LogP contribution in [0.3, 0.4) is 0 Å². The monoisotopic (exact) mass is 355 g/mol. The van der Waals surface area contributed by atoms with Crippen molar-refractivity contribution in [1.82, 2.24) is 9.47 Å². The fraction of sp³-hybridized carbons (Fsp3) is 0.263.